The molecule has 148 valence electrons. The molecule has 0 saturated carbocycles. The highest BCUT2D eigenvalue weighted by Crippen LogP contribution is 2.37. The molecule has 0 aliphatic rings. The third kappa shape index (κ3) is 4.18. The summed E-state index contributed by atoms with van der Waals surface area (Å²) in [7, 11) is 1.66. The molecule has 0 N–H and O–H groups in total. The monoisotopic (exact) mass is 394 g/mol. The Kier molecular flexibility index (Phi) is 5.76. The van der Waals surface area contributed by atoms with E-state index in [2.05, 4.69) is 55.5 Å². The van der Waals surface area contributed by atoms with Crippen LogP contribution in [0.5, 0.6) is 5.75 Å². The second kappa shape index (κ2) is 8.79. The van der Waals surface area contributed by atoms with E-state index in [0.717, 1.165) is 39.1 Å². The van der Waals surface area contributed by atoms with E-state index >= 15 is 0 Å². The summed E-state index contributed by atoms with van der Waals surface area (Å²) in [6, 6.07) is 33.6. The van der Waals surface area contributed by atoms with Crippen molar-refractivity contribution in [2.45, 2.75) is 6.92 Å². The third-order valence-electron chi connectivity index (χ3n) is 5.16. The first-order valence-corrected chi connectivity index (χ1v) is 9.93. The van der Waals surface area contributed by atoms with Crippen molar-refractivity contribution in [3.63, 3.8) is 0 Å². The van der Waals surface area contributed by atoms with E-state index in [0.29, 0.717) is 0 Å². The number of ether oxygens (including phenoxy) is 1. The molecule has 0 radical (unpaired) electrons. The van der Waals surface area contributed by atoms with Crippen LogP contribution in [0.2, 0.25) is 0 Å². The molecular weight excluding hydrogens is 371 g/mol. The molecule has 0 unspecified atom stereocenters. The molecule has 0 heterocycles. The van der Waals surface area contributed by atoms with E-state index in [1.54, 1.807) is 7.11 Å². The van der Waals surface area contributed by atoms with Crippen LogP contribution in [0.15, 0.2) is 103 Å². The lowest BCUT2D eigenvalue weighted by atomic mass is 9.85. The van der Waals surface area contributed by atoms with Crippen molar-refractivity contribution in [3.8, 4) is 5.75 Å². The molecule has 4 rings (SSSR count). The molecule has 0 atom stereocenters. The van der Waals surface area contributed by atoms with Crippen LogP contribution >= 0.6 is 0 Å². The molecule has 30 heavy (non-hydrogen) atoms. The van der Waals surface area contributed by atoms with Gasteiger partial charge in [0, 0.05) is 0 Å². The average molecular weight is 394 g/mol. The first kappa shape index (κ1) is 19.7. The lowest BCUT2D eigenvalue weighted by molar-refractivity contribution is 0.415. The second-order valence-corrected chi connectivity index (χ2v) is 7.22. The molecule has 2 heteroatoms. The number of rotatable bonds is 5. The van der Waals surface area contributed by atoms with Gasteiger partial charge in [-0.25, -0.2) is 4.39 Å². The summed E-state index contributed by atoms with van der Waals surface area (Å²) in [5.41, 5.74) is 7.58. The predicted molar refractivity (Wildman–Crippen MR) is 122 cm³/mol. The van der Waals surface area contributed by atoms with Crippen LogP contribution < -0.4 is 4.74 Å². The Bertz CT molecular complexity index is 1140. The van der Waals surface area contributed by atoms with Crippen molar-refractivity contribution in [1.82, 2.24) is 0 Å². The molecule has 0 aliphatic carbocycles. The number of hydrogen-bond donors (Lipinski definition) is 0. The fourth-order valence-corrected chi connectivity index (χ4v) is 3.61. The molecule has 0 amide bonds. The van der Waals surface area contributed by atoms with Gasteiger partial charge < -0.3 is 4.74 Å². The molecule has 0 aliphatic heterocycles. The zero-order valence-electron chi connectivity index (χ0n) is 17.1. The van der Waals surface area contributed by atoms with Crippen molar-refractivity contribution in [1.29, 1.82) is 0 Å². The van der Waals surface area contributed by atoms with Gasteiger partial charge >= 0.3 is 0 Å². The first-order valence-electron chi connectivity index (χ1n) is 9.93. The molecule has 0 aromatic heterocycles. The smallest absolute Gasteiger partial charge is 0.123 e. The fraction of sp³-hybridized carbons (Fsp3) is 0.0714. The SMILES string of the molecule is COc1ccc(/C(=C(\c2ccccc2)c2ccc(C)cc2)c2ccc(F)cc2)cc1. The third-order valence-corrected chi connectivity index (χ3v) is 5.16. The zero-order valence-corrected chi connectivity index (χ0v) is 17.1. The van der Waals surface area contributed by atoms with Crippen LogP contribution in [0.3, 0.4) is 0 Å². The summed E-state index contributed by atoms with van der Waals surface area (Å²) in [6.45, 7) is 2.08. The standard InChI is InChI=1S/C28H23FO/c1-20-8-10-22(11-9-20)27(21-6-4-3-5-7-21)28(23-12-16-25(29)17-13-23)24-14-18-26(30-2)19-15-24/h3-19H,1-2H3/b28-27+. The van der Waals surface area contributed by atoms with Crippen molar-refractivity contribution >= 4 is 11.1 Å². The molecule has 0 bridgehead atoms. The number of aryl methyl sites for hydroxylation is 1. The van der Waals surface area contributed by atoms with Gasteiger partial charge in [0.05, 0.1) is 7.11 Å². The Morgan fingerprint density at radius 2 is 1.00 bits per heavy atom. The lowest BCUT2D eigenvalue weighted by Gasteiger charge is -2.18. The zero-order chi connectivity index (χ0) is 20.9. The Morgan fingerprint density at radius 1 is 0.567 bits per heavy atom. The van der Waals surface area contributed by atoms with E-state index in [-0.39, 0.29) is 5.82 Å². The highest BCUT2D eigenvalue weighted by atomic mass is 19.1. The van der Waals surface area contributed by atoms with Crippen LogP contribution in [0.1, 0.15) is 27.8 Å². The average Bonchev–Trinajstić information content (AvgIpc) is 2.80. The van der Waals surface area contributed by atoms with Crippen LogP contribution in [0.4, 0.5) is 4.39 Å². The van der Waals surface area contributed by atoms with Crippen molar-refractivity contribution in [2.24, 2.45) is 0 Å². The summed E-state index contributed by atoms with van der Waals surface area (Å²) >= 11 is 0. The minimum atomic E-state index is -0.246. The molecule has 4 aromatic carbocycles. The number of methoxy groups -OCH3 is 1. The highest BCUT2D eigenvalue weighted by molar-refractivity contribution is 6.04. The van der Waals surface area contributed by atoms with Gasteiger partial charge in [0.25, 0.3) is 0 Å². The van der Waals surface area contributed by atoms with E-state index in [9.17, 15) is 4.39 Å². The van der Waals surface area contributed by atoms with Crippen LogP contribution in [0, 0.1) is 12.7 Å². The molecular formula is C28H23FO. The maximum Gasteiger partial charge on any atom is 0.123 e. The van der Waals surface area contributed by atoms with E-state index in [1.807, 2.05) is 42.5 Å². The van der Waals surface area contributed by atoms with Crippen LogP contribution in [-0.4, -0.2) is 7.11 Å². The summed E-state index contributed by atoms with van der Waals surface area (Å²) in [5.74, 6) is 0.554. The predicted octanol–water partition coefficient (Wildman–Crippen LogP) is 7.15. The molecule has 0 saturated heterocycles. The topological polar surface area (TPSA) is 9.23 Å². The van der Waals surface area contributed by atoms with Crippen LogP contribution in [-0.2, 0) is 0 Å². The van der Waals surface area contributed by atoms with Gasteiger partial charge in [-0.05, 0) is 64.6 Å². The maximum atomic E-state index is 13.7. The number of halogens is 1. The Morgan fingerprint density at radius 3 is 1.50 bits per heavy atom. The minimum absolute atomic E-state index is 0.246. The number of benzene rings is 4. The summed E-state index contributed by atoms with van der Waals surface area (Å²) in [5, 5.41) is 0. The van der Waals surface area contributed by atoms with Gasteiger partial charge in [0.2, 0.25) is 0 Å². The Labute approximate surface area is 177 Å². The fourth-order valence-electron chi connectivity index (χ4n) is 3.61. The van der Waals surface area contributed by atoms with Crippen molar-refractivity contribution < 1.29 is 9.13 Å². The largest absolute Gasteiger partial charge is 0.497 e. The maximum absolute atomic E-state index is 13.7. The Balaban J connectivity index is 2.05. The quantitative estimate of drug-likeness (QED) is 0.327. The van der Waals surface area contributed by atoms with Gasteiger partial charge in [0.15, 0.2) is 0 Å². The molecule has 0 spiro atoms. The van der Waals surface area contributed by atoms with Gasteiger partial charge in [-0.15, -0.1) is 0 Å². The summed E-state index contributed by atoms with van der Waals surface area (Å²) in [4.78, 5) is 0. The van der Waals surface area contributed by atoms with E-state index < -0.39 is 0 Å². The normalized spacial score (nSPS) is 11.7. The number of hydrogen-bond acceptors (Lipinski definition) is 1. The van der Waals surface area contributed by atoms with Crippen molar-refractivity contribution in [3.05, 3.63) is 137 Å². The minimum Gasteiger partial charge on any atom is -0.497 e. The highest BCUT2D eigenvalue weighted by Gasteiger charge is 2.16. The molecule has 0 fully saturated rings. The Hall–Kier alpha value is -3.65. The van der Waals surface area contributed by atoms with E-state index in [4.69, 9.17) is 4.74 Å². The lowest BCUT2D eigenvalue weighted by Crippen LogP contribution is -1.98. The van der Waals surface area contributed by atoms with Gasteiger partial charge in [0.1, 0.15) is 11.6 Å². The van der Waals surface area contributed by atoms with E-state index in [1.165, 1.54) is 17.7 Å². The van der Waals surface area contributed by atoms with Gasteiger partial charge in [-0.2, -0.15) is 0 Å². The van der Waals surface area contributed by atoms with Crippen LogP contribution in [0.25, 0.3) is 11.1 Å². The van der Waals surface area contributed by atoms with Gasteiger partial charge in [-0.1, -0.05) is 84.4 Å². The summed E-state index contributed by atoms with van der Waals surface area (Å²) < 4.78 is 19.1. The molecule has 1 nitrogen and oxygen atoms in total. The summed E-state index contributed by atoms with van der Waals surface area (Å²) in [6.07, 6.45) is 0. The van der Waals surface area contributed by atoms with Gasteiger partial charge in [-0.3, -0.25) is 0 Å². The van der Waals surface area contributed by atoms with Crippen molar-refractivity contribution in [2.75, 3.05) is 7.11 Å². The first-order chi connectivity index (χ1) is 14.7. The molecule has 4 aromatic rings. The second-order valence-electron chi connectivity index (χ2n) is 7.22.